The Bertz CT molecular complexity index is 1150. The molecule has 0 aliphatic rings. The summed E-state index contributed by atoms with van der Waals surface area (Å²) in [6.45, 7) is 6.97. The minimum absolute atomic E-state index is 0.401. The zero-order chi connectivity index (χ0) is 24.5. The Morgan fingerprint density at radius 2 is 1.88 bits per heavy atom. The Kier molecular flexibility index (Phi) is 8.74. The van der Waals surface area contributed by atoms with Crippen LogP contribution in [0, 0.1) is 25.2 Å². The number of hydrogen-bond acceptors (Lipinski definition) is 7. The van der Waals surface area contributed by atoms with Gasteiger partial charge in [-0.05, 0) is 86.5 Å². The summed E-state index contributed by atoms with van der Waals surface area (Å²) in [5, 5.41) is 22.4. The van der Waals surface area contributed by atoms with Gasteiger partial charge in [-0.2, -0.15) is 10.2 Å². The van der Waals surface area contributed by atoms with Crippen LogP contribution in [-0.4, -0.2) is 39.8 Å². The van der Waals surface area contributed by atoms with Gasteiger partial charge >= 0.3 is 0 Å². The summed E-state index contributed by atoms with van der Waals surface area (Å²) >= 11 is 0. The number of rotatable bonds is 10. The third-order valence-electron chi connectivity index (χ3n) is 5.37. The van der Waals surface area contributed by atoms with Gasteiger partial charge in [0.15, 0.2) is 0 Å². The number of nitrogens with zero attached hydrogens (tertiary/aromatic N) is 4. The summed E-state index contributed by atoms with van der Waals surface area (Å²) in [6, 6.07) is 14.9. The predicted octanol–water partition coefficient (Wildman–Crippen LogP) is 5.56. The zero-order valence-corrected chi connectivity index (χ0v) is 20.1. The van der Waals surface area contributed by atoms with Crippen LogP contribution in [0.4, 0.5) is 11.6 Å². The van der Waals surface area contributed by atoms with Crippen LogP contribution in [0.5, 0.6) is 11.6 Å². The molecule has 0 saturated carbocycles. The van der Waals surface area contributed by atoms with Crippen molar-refractivity contribution in [3.05, 3.63) is 77.0 Å². The first kappa shape index (κ1) is 24.9. The predicted molar refractivity (Wildman–Crippen MR) is 135 cm³/mol. The summed E-state index contributed by atoms with van der Waals surface area (Å²) in [4.78, 5) is 10.6. The molecule has 0 saturated heterocycles. The Morgan fingerprint density at radius 3 is 2.53 bits per heavy atom. The lowest BCUT2D eigenvalue weighted by atomic mass is 10.1. The average Bonchev–Trinajstić information content (AvgIpc) is 2.84. The first-order valence-corrected chi connectivity index (χ1v) is 11.4. The number of benzene rings is 2. The molecule has 2 aromatic carbocycles. The summed E-state index contributed by atoms with van der Waals surface area (Å²) in [6.07, 6.45) is 6.90. The standard InChI is InChI=1S/C27H31N5O2/c1-5-6-15-32(4)25(33)12-9-22-16-19(2)26(20(3)17-22)34-24-13-14-29-27(31-24)30-23-10-7-21(18-28)8-11-23/h7-14,16-17,25,33H,5-6,15H2,1-4H3,(H,29,30,31)/b12-9+. The topological polar surface area (TPSA) is 94.3 Å². The first-order valence-electron chi connectivity index (χ1n) is 11.4. The largest absolute Gasteiger partial charge is 0.438 e. The van der Waals surface area contributed by atoms with Crippen molar-refractivity contribution in [1.82, 2.24) is 14.9 Å². The van der Waals surface area contributed by atoms with Crippen LogP contribution >= 0.6 is 0 Å². The highest BCUT2D eigenvalue weighted by Gasteiger charge is 2.10. The third kappa shape index (κ3) is 6.88. The van der Waals surface area contributed by atoms with Gasteiger partial charge in [0.05, 0.1) is 11.6 Å². The van der Waals surface area contributed by atoms with Gasteiger partial charge in [0.25, 0.3) is 0 Å². The highest BCUT2D eigenvalue weighted by atomic mass is 16.5. The van der Waals surface area contributed by atoms with E-state index in [0.717, 1.165) is 47.5 Å². The van der Waals surface area contributed by atoms with E-state index in [9.17, 15) is 5.11 Å². The molecule has 7 heteroatoms. The first-order chi connectivity index (χ1) is 16.4. The van der Waals surface area contributed by atoms with Crippen LogP contribution in [0.3, 0.4) is 0 Å². The van der Waals surface area contributed by atoms with Crippen molar-refractivity contribution < 1.29 is 9.84 Å². The maximum absolute atomic E-state index is 10.3. The molecule has 3 aromatic rings. The normalized spacial score (nSPS) is 12.0. The Morgan fingerprint density at radius 1 is 1.18 bits per heavy atom. The number of aryl methyl sites for hydroxylation is 2. The molecule has 176 valence electrons. The van der Waals surface area contributed by atoms with Gasteiger partial charge in [-0.25, -0.2) is 4.98 Å². The lowest BCUT2D eigenvalue weighted by Gasteiger charge is -2.20. The van der Waals surface area contributed by atoms with Gasteiger partial charge in [-0.3, -0.25) is 4.90 Å². The van der Waals surface area contributed by atoms with Gasteiger partial charge < -0.3 is 15.2 Å². The van der Waals surface area contributed by atoms with Crippen molar-refractivity contribution in [2.45, 2.75) is 39.8 Å². The molecule has 0 aliphatic heterocycles. The van der Waals surface area contributed by atoms with Crippen molar-refractivity contribution in [2.75, 3.05) is 18.9 Å². The van der Waals surface area contributed by atoms with Crippen LogP contribution in [0.25, 0.3) is 6.08 Å². The summed E-state index contributed by atoms with van der Waals surface area (Å²) in [7, 11) is 1.92. The molecule has 1 unspecified atom stereocenters. The Hall–Kier alpha value is -3.73. The number of ether oxygens (including phenoxy) is 1. The molecule has 34 heavy (non-hydrogen) atoms. The van der Waals surface area contributed by atoms with Crippen molar-refractivity contribution in [3.8, 4) is 17.7 Å². The Balaban J connectivity index is 1.70. The van der Waals surface area contributed by atoms with E-state index in [1.54, 1.807) is 42.6 Å². The second kappa shape index (κ2) is 11.9. The molecule has 7 nitrogen and oxygen atoms in total. The van der Waals surface area contributed by atoms with Gasteiger partial charge in [0, 0.05) is 24.5 Å². The van der Waals surface area contributed by atoms with E-state index < -0.39 is 6.23 Å². The van der Waals surface area contributed by atoms with Crippen LogP contribution in [0.15, 0.2) is 54.7 Å². The second-order valence-electron chi connectivity index (χ2n) is 8.23. The molecule has 1 aromatic heterocycles. The van der Waals surface area contributed by atoms with Gasteiger partial charge in [0.2, 0.25) is 11.8 Å². The van der Waals surface area contributed by atoms with Crippen LogP contribution in [0.1, 0.15) is 42.0 Å². The molecule has 1 atom stereocenters. The fourth-order valence-electron chi connectivity index (χ4n) is 3.45. The van der Waals surface area contributed by atoms with E-state index >= 15 is 0 Å². The van der Waals surface area contributed by atoms with Crippen molar-refractivity contribution >= 4 is 17.7 Å². The highest BCUT2D eigenvalue weighted by Crippen LogP contribution is 2.30. The van der Waals surface area contributed by atoms with Crippen molar-refractivity contribution in [3.63, 3.8) is 0 Å². The minimum Gasteiger partial charge on any atom is -0.438 e. The summed E-state index contributed by atoms with van der Waals surface area (Å²) in [5.74, 6) is 1.56. The van der Waals surface area contributed by atoms with E-state index in [1.807, 2.05) is 44.0 Å². The van der Waals surface area contributed by atoms with Crippen molar-refractivity contribution in [2.24, 2.45) is 0 Å². The van der Waals surface area contributed by atoms with E-state index in [-0.39, 0.29) is 0 Å². The maximum atomic E-state index is 10.3. The molecule has 2 N–H and O–H groups in total. The summed E-state index contributed by atoms with van der Waals surface area (Å²) in [5.41, 5.74) is 4.30. The number of unbranched alkanes of at least 4 members (excludes halogenated alkanes) is 1. The Labute approximate surface area is 201 Å². The number of nitrogens with one attached hydrogen (secondary N) is 1. The molecular weight excluding hydrogens is 426 g/mol. The van der Waals surface area contributed by atoms with E-state index in [0.29, 0.717) is 17.4 Å². The molecule has 3 rings (SSSR count). The second-order valence-corrected chi connectivity index (χ2v) is 8.23. The molecule has 0 spiro atoms. The quantitative estimate of drug-likeness (QED) is 0.385. The number of aliphatic hydroxyl groups is 1. The fourth-order valence-corrected chi connectivity index (χ4v) is 3.45. The van der Waals surface area contributed by atoms with Crippen LogP contribution in [-0.2, 0) is 0 Å². The van der Waals surface area contributed by atoms with Gasteiger partial charge in [0.1, 0.15) is 12.0 Å². The molecule has 0 fully saturated rings. The van der Waals surface area contributed by atoms with E-state index in [4.69, 9.17) is 10.00 Å². The molecule has 0 aliphatic carbocycles. The van der Waals surface area contributed by atoms with Crippen LogP contribution in [0.2, 0.25) is 0 Å². The molecule has 0 radical (unpaired) electrons. The van der Waals surface area contributed by atoms with Gasteiger partial charge in [-0.1, -0.05) is 19.4 Å². The number of aliphatic hydroxyl groups excluding tert-OH is 1. The molecule has 0 bridgehead atoms. The number of hydrogen-bond donors (Lipinski definition) is 2. The third-order valence-corrected chi connectivity index (χ3v) is 5.37. The maximum Gasteiger partial charge on any atom is 0.230 e. The van der Waals surface area contributed by atoms with Crippen molar-refractivity contribution in [1.29, 1.82) is 5.26 Å². The molecular formula is C27H31N5O2. The number of likely N-dealkylation sites (N-methyl/N-ethyl adjacent to an activating group) is 1. The lowest BCUT2D eigenvalue weighted by Crippen LogP contribution is -2.30. The monoisotopic (exact) mass is 457 g/mol. The van der Waals surface area contributed by atoms with Crippen LogP contribution < -0.4 is 10.1 Å². The van der Waals surface area contributed by atoms with E-state index in [1.165, 1.54) is 0 Å². The fraction of sp³-hybridized carbons (Fsp3) is 0.296. The zero-order valence-electron chi connectivity index (χ0n) is 20.1. The average molecular weight is 458 g/mol. The number of anilines is 2. The van der Waals surface area contributed by atoms with E-state index in [2.05, 4.69) is 28.3 Å². The number of aromatic nitrogens is 2. The minimum atomic E-state index is -0.619. The smallest absolute Gasteiger partial charge is 0.230 e. The lowest BCUT2D eigenvalue weighted by molar-refractivity contribution is 0.0626. The number of nitriles is 1. The SMILES string of the molecule is CCCCN(C)C(O)/C=C/c1cc(C)c(Oc2ccnc(Nc3ccc(C#N)cc3)n2)c(C)c1. The summed E-state index contributed by atoms with van der Waals surface area (Å²) < 4.78 is 6.10. The molecule has 1 heterocycles. The highest BCUT2D eigenvalue weighted by molar-refractivity contribution is 5.58. The molecule has 0 amide bonds. The van der Waals surface area contributed by atoms with Gasteiger partial charge in [-0.15, -0.1) is 0 Å².